The monoisotopic (exact) mass is 273 g/mol. The van der Waals surface area contributed by atoms with Crippen LogP contribution in [0.5, 0.6) is 6.01 Å². The lowest BCUT2D eigenvalue weighted by Crippen LogP contribution is -2.16. The van der Waals surface area contributed by atoms with Gasteiger partial charge in [-0.2, -0.15) is 15.0 Å². The Morgan fingerprint density at radius 1 is 1.39 bits per heavy atom. The first kappa shape index (κ1) is 14.6. The summed E-state index contributed by atoms with van der Waals surface area (Å²) in [6.45, 7) is 6.14. The summed E-state index contributed by atoms with van der Waals surface area (Å²) >= 11 is 0. The number of ether oxygens (including phenoxy) is 1. The summed E-state index contributed by atoms with van der Waals surface area (Å²) in [7, 11) is -0.817. The number of nitrogens with one attached hydrogen (secondary N) is 1. The van der Waals surface area contributed by atoms with E-state index in [4.69, 9.17) is 10.5 Å². The number of anilines is 2. The van der Waals surface area contributed by atoms with Crippen LogP contribution in [0.15, 0.2) is 0 Å². The lowest BCUT2D eigenvalue weighted by atomic mass is 10.5. The van der Waals surface area contributed by atoms with Gasteiger partial charge in [0.05, 0.1) is 6.10 Å². The van der Waals surface area contributed by atoms with E-state index in [1.165, 1.54) is 0 Å². The van der Waals surface area contributed by atoms with Crippen LogP contribution >= 0.6 is 0 Å². The molecule has 0 aliphatic carbocycles. The fourth-order valence-electron chi connectivity index (χ4n) is 1.14. The smallest absolute Gasteiger partial charge is 0.323 e. The third-order valence-electron chi connectivity index (χ3n) is 1.91. The summed E-state index contributed by atoms with van der Waals surface area (Å²) in [6, 6.07) is 0.191. The molecule has 0 bridgehead atoms. The summed E-state index contributed by atoms with van der Waals surface area (Å²) < 4.78 is 16.6. The topological polar surface area (TPSA) is 103 Å². The van der Waals surface area contributed by atoms with Crippen LogP contribution in [0.25, 0.3) is 0 Å². The Morgan fingerprint density at radius 2 is 2.11 bits per heavy atom. The largest absolute Gasteiger partial charge is 0.461 e. The van der Waals surface area contributed by atoms with E-state index in [-0.39, 0.29) is 18.1 Å². The molecule has 1 unspecified atom stereocenters. The van der Waals surface area contributed by atoms with E-state index in [0.29, 0.717) is 24.0 Å². The van der Waals surface area contributed by atoms with Gasteiger partial charge in [0.15, 0.2) is 0 Å². The molecule has 3 N–H and O–H groups in total. The average molecular weight is 273 g/mol. The molecule has 1 rings (SSSR count). The fraction of sp³-hybridized carbons (Fsp3) is 0.700. The maximum absolute atomic E-state index is 11.2. The third kappa shape index (κ3) is 5.26. The van der Waals surface area contributed by atoms with Crippen LogP contribution in [0.2, 0.25) is 0 Å². The molecule has 0 fully saturated rings. The highest BCUT2D eigenvalue weighted by Crippen LogP contribution is 2.10. The summed E-state index contributed by atoms with van der Waals surface area (Å²) in [4.78, 5) is 11.9. The van der Waals surface area contributed by atoms with Gasteiger partial charge in [-0.1, -0.05) is 6.92 Å². The first-order valence-corrected chi connectivity index (χ1v) is 7.27. The van der Waals surface area contributed by atoms with Gasteiger partial charge >= 0.3 is 6.01 Å². The second kappa shape index (κ2) is 7.10. The highest BCUT2D eigenvalue weighted by molar-refractivity contribution is 7.84. The molecule has 102 valence electrons. The zero-order chi connectivity index (χ0) is 13.5. The van der Waals surface area contributed by atoms with E-state index in [1.54, 1.807) is 0 Å². The molecule has 1 atom stereocenters. The van der Waals surface area contributed by atoms with Gasteiger partial charge in [-0.05, 0) is 13.8 Å². The van der Waals surface area contributed by atoms with Gasteiger partial charge in [-0.15, -0.1) is 0 Å². The van der Waals surface area contributed by atoms with Crippen LogP contribution in [0, 0.1) is 0 Å². The predicted molar refractivity (Wildman–Crippen MR) is 72.0 cm³/mol. The standard InChI is InChI=1S/C10H19N5O2S/c1-4-18(16)6-5-12-9-13-8(11)14-10(15-9)17-7(2)3/h7H,4-6H2,1-3H3,(H3,11,12,13,14,15). The van der Waals surface area contributed by atoms with Crippen molar-refractivity contribution in [1.29, 1.82) is 0 Å². The maximum Gasteiger partial charge on any atom is 0.323 e. The quantitative estimate of drug-likeness (QED) is 0.742. The molecular weight excluding hydrogens is 254 g/mol. The molecule has 0 spiro atoms. The van der Waals surface area contributed by atoms with Crippen LogP contribution in [0.1, 0.15) is 20.8 Å². The second-order valence-corrected chi connectivity index (χ2v) is 5.69. The normalized spacial score (nSPS) is 12.4. The number of rotatable bonds is 7. The van der Waals surface area contributed by atoms with E-state index in [0.717, 1.165) is 0 Å². The van der Waals surface area contributed by atoms with Crippen molar-refractivity contribution >= 4 is 22.7 Å². The first-order chi connectivity index (χ1) is 8.51. The molecule has 0 aliphatic heterocycles. The Balaban J connectivity index is 2.59. The van der Waals surface area contributed by atoms with Crippen molar-refractivity contribution in [2.45, 2.75) is 26.9 Å². The summed E-state index contributed by atoms with van der Waals surface area (Å²) in [5, 5.41) is 2.95. The van der Waals surface area contributed by atoms with Gasteiger partial charge in [0.2, 0.25) is 11.9 Å². The zero-order valence-corrected chi connectivity index (χ0v) is 11.7. The van der Waals surface area contributed by atoms with Gasteiger partial charge in [-0.25, -0.2) is 0 Å². The lowest BCUT2D eigenvalue weighted by Gasteiger charge is -2.09. The van der Waals surface area contributed by atoms with Gasteiger partial charge in [0, 0.05) is 28.9 Å². The second-order valence-electron chi connectivity index (χ2n) is 3.83. The minimum Gasteiger partial charge on any atom is -0.461 e. The van der Waals surface area contributed by atoms with Gasteiger partial charge < -0.3 is 15.8 Å². The molecule has 8 heteroatoms. The average Bonchev–Trinajstić information content (AvgIpc) is 2.27. The molecule has 0 aliphatic rings. The van der Waals surface area contributed by atoms with E-state index < -0.39 is 10.8 Å². The van der Waals surface area contributed by atoms with Crippen LogP contribution < -0.4 is 15.8 Å². The zero-order valence-electron chi connectivity index (χ0n) is 10.8. The minimum absolute atomic E-state index is 0.0350. The first-order valence-electron chi connectivity index (χ1n) is 5.78. The Hall–Kier alpha value is -1.44. The molecule has 7 nitrogen and oxygen atoms in total. The van der Waals surface area contributed by atoms with Gasteiger partial charge in [-0.3, -0.25) is 4.21 Å². The molecule has 1 heterocycles. The van der Waals surface area contributed by atoms with Crippen molar-refractivity contribution in [3.05, 3.63) is 0 Å². The van der Waals surface area contributed by atoms with Crippen molar-refractivity contribution in [2.24, 2.45) is 0 Å². The molecule has 0 radical (unpaired) electrons. The van der Waals surface area contributed by atoms with Crippen LogP contribution in [0.4, 0.5) is 11.9 Å². The molecule has 18 heavy (non-hydrogen) atoms. The van der Waals surface area contributed by atoms with Crippen molar-refractivity contribution in [3.8, 4) is 6.01 Å². The highest BCUT2D eigenvalue weighted by Gasteiger charge is 2.07. The van der Waals surface area contributed by atoms with E-state index >= 15 is 0 Å². The van der Waals surface area contributed by atoms with Crippen molar-refractivity contribution in [2.75, 3.05) is 29.1 Å². The molecule has 1 aromatic heterocycles. The minimum atomic E-state index is -0.817. The molecule has 0 amide bonds. The Bertz CT molecular complexity index is 413. The summed E-state index contributed by atoms with van der Waals surface area (Å²) in [6.07, 6.45) is -0.0350. The number of hydrogen-bond acceptors (Lipinski definition) is 7. The van der Waals surface area contributed by atoms with Crippen LogP contribution in [-0.2, 0) is 10.8 Å². The molecule has 0 saturated carbocycles. The molecule has 0 aromatic carbocycles. The highest BCUT2D eigenvalue weighted by atomic mass is 32.2. The van der Waals surface area contributed by atoms with Gasteiger partial charge in [0.1, 0.15) is 0 Å². The number of nitrogens with zero attached hydrogens (tertiary/aromatic N) is 3. The summed E-state index contributed by atoms with van der Waals surface area (Å²) in [5.41, 5.74) is 5.55. The SMILES string of the molecule is CCS(=O)CCNc1nc(N)nc(OC(C)C)n1. The number of nitrogens with two attached hydrogens (primary N) is 1. The number of hydrogen-bond donors (Lipinski definition) is 2. The van der Waals surface area contributed by atoms with Crippen LogP contribution in [-0.4, -0.2) is 43.3 Å². The third-order valence-corrected chi connectivity index (χ3v) is 3.21. The fourth-order valence-corrected chi connectivity index (χ4v) is 1.75. The van der Waals surface area contributed by atoms with E-state index in [2.05, 4.69) is 20.3 Å². The van der Waals surface area contributed by atoms with Crippen LogP contribution in [0.3, 0.4) is 0 Å². The van der Waals surface area contributed by atoms with E-state index in [9.17, 15) is 4.21 Å². The summed E-state index contributed by atoms with van der Waals surface area (Å²) in [5.74, 6) is 1.62. The maximum atomic E-state index is 11.2. The number of nitrogen functional groups attached to an aromatic ring is 1. The number of aromatic nitrogens is 3. The lowest BCUT2D eigenvalue weighted by molar-refractivity contribution is 0.222. The Kier molecular flexibility index (Phi) is 5.76. The Morgan fingerprint density at radius 3 is 2.72 bits per heavy atom. The Labute approximate surface area is 109 Å². The molecule has 0 saturated heterocycles. The molecular formula is C10H19N5O2S. The van der Waals surface area contributed by atoms with Crippen molar-refractivity contribution < 1.29 is 8.95 Å². The van der Waals surface area contributed by atoms with Crippen molar-refractivity contribution in [1.82, 2.24) is 15.0 Å². The van der Waals surface area contributed by atoms with Gasteiger partial charge in [0.25, 0.3) is 0 Å². The van der Waals surface area contributed by atoms with E-state index in [1.807, 2.05) is 20.8 Å². The van der Waals surface area contributed by atoms with Crippen molar-refractivity contribution in [3.63, 3.8) is 0 Å². The predicted octanol–water partition coefficient (Wildman–Crippen LogP) is 0.421. The molecule has 1 aromatic rings.